The van der Waals surface area contributed by atoms with Crippen LogP contribution in [0.1, 0.15) is 5.82 Å². The molecule has 0 spiro atoms. The summed E-state index contributed by atoms with van der Waals surface area (Å²) >= 11 is 7.52. The number of para-hydroxylation sites is 4. The van der Waals surface area contributed by atoms with Crippen molar-refractivity contribution in [1.82, 2.24) is 19.5 Å². The van der Waals surface area contributed by atoms with Crippen molar-refractivity contribution >= 4 is 50.9 Å². The molecule has 0 saturated heterocycles. The minimum absolute atomic E-state index is 0.00479. The van der Waals surface area contributed by atoms with Gasteiger partial charge in [-0.25, -0.2) is 9.97 Å². The van der Waals surface area contributed by atoms with Crippen LogP contribution >= 0.6 is 23.4 Å². The number of aliphatic hydroxyl groups excluding tert-OH is 1. The molecule has 9 heteroatoms. The number of nitriles is 1. The van der Waals surface area contributed by atoms with Crippen molar-refractivity contribution in [2.75, 3.05) is 5.75 Å². The van der Waals surface area contributed by atoms with Crippen molar-refractivity contribution in [1.29, 1.82) is 5.26 Å². The maximum atomic E-state index is 13.4. The minimum Gasteiger partial charge on any atom is -0.510 e. The second-order valence-electron chi connectivity index (χ2n) is 7.33. The molecule has 5 rings (SSSR count). The van der Waals surface area contributed by atoms with E-state index in [1.54, 1.807) is 48.5 Å². The van der Waals surface area contributed by atoms with Gasteiger partial charge in [0.2, 0.25) is 0 Å². The summed E-state index contributed by atoms with van der Waals surface area (Å²) in [6.07, 6.45) is 0. The molecule has 0 bridgehead atoms. The zero-order chi connectivity index (χ0) is 23.7. The highest BCUT2D eigenvalue weighted by molar-refractivity contribution is 7.99. The summed E-state index contributed by atoms with van der Waals surface area (Å²) in [7, 11) is 0. The summed E-state index contributed by atoms with van der Waals surface area (Å²) < 4.78 is 1.43. The van der Waals surface area contributed by atoms with Gasteiger partial charge in [-0.2, -0.15) is 5.26 Å². The Balaban J connectivity index is 1.58. The van der Waals surface area contributed by atoms with E-state index in [9.17, 15) is 15.2 Å². The van der Waals surface area contributed by atoms with Crippen LogP contribution in [0, 0.1) is 11.3 Å². The molecule has 0 unspecified atom stereocenters. The van der Waals surface area contributed by atoms with E-state index in [0.717, 1.165) is 17.3 Å². The quantitative estimate of drug-likeness (QED) is 0.147. The number of hydrogen-bond donors (Lipinski definition) is 2. The van der Waals surface area contributed by atoms with Crippen LogP contribution < -0.4 is 5.56 Å². The Morgan fingerprint density at radius 1 is 1.03 bits per heavy atom. The third-order valence-electron chi connectivity index (χ3n) is 5.20. The molecule has 0 radical (unpaired) electrons. The molecule has 0 fully saturated rings. The standard InChI is InChI=1S/C25H16ClN5O2S/c26-17-8-2-6-12-21(17)31-24(33)15-7-1-3-9-18(15)30-25(31)34-14-22(32)16(13-27)23-28-19-10-4-5-11-20(19)29-23/h1-12,32H,14H2,(H,28,29)/b22-16-. The van der Waals surface area contributed by atoms with Gasteiger partial charge < -0.3 is 10.1 Å². The van der Waals surface area contributed by atoms with E-state index in [-0.39, 0.29) is 28.5 Å². The Morgan fingerprint density at radius 2 is 1.74 bits per heavy atom. The number of thioether (sulfide) groups is 1. The minimum atomic E-state index is -0.275. The van der Waals surface area contributed by atoms with E-state index in [0.29, 0.717) is 32.3 Å². The van der Waals surface area contributed by atoms with Crippen molar-refractivity contribution < 1.29 is 5.11 Å². The van der Waals surface area contributed by atoms with Gasteiger partial charge in [-0.1, -0.05) is 59.8 Å². The third kappa shape index (κ3) is 3.92. The molecule has 166 valence electrons. The predicted molar refractivity (Wildman–Crippen MR) is 134 cm³/mol. The average Bonchev–Trinajstić information content (AvgIpc) is 3.28. The first-order valence-corrected chi connectivity index (χ1v) is 11.6. The number of rotatable bonds is 5. The van der Waals surface area contributed by atoms with Crippen molar-refractivity contribution in [3.63, 3.8) is 0 Å². The van der Waals surface area contributed by atoms with Gasteiger partial charge in [0.15, 0.2) is 11.0 Å². The van der Waals surface area contributed by atoms with Gasteiger partial charge in [0.1, 0.15) is 17.4 Å². The van der Waals surface area contributed by atoms with Crippen LogP contribution in [0.4, 0.5) is 0 Å². The number of aromatic amines is 1. The number of allylic oxidation sites excluding steroid dienone is 1. The van der Waals surface area contributed by atoms with Crippen LogP contribution in [0.3, 0.4) is 0 Å². The Labute approximate surface area is 203 Å². The number of nitrogens with zero attached hydrogens (tertiary/aromatic N) is 4. The molecule has 3 aromatic carbocycles. The summed E-state index contributed by atoms with van der Waals surface area (Å²) in [5.74, 6) is 0.0891. The summed E-state index contributed by atoms with van der Waals surface area (Å²) in [5.41, 5.74) is 2.21. The van der Waals surface area contributed by atoms with Gasteiger partial charge in [-0.05, 0) is 36.4 Å². The fraction of sp³-hybridized carbons (Fsp3) is 0.0400. The maximum Gasteiger partial charge on any atom is 0.266 e. The molecule has 2 heterocycles. The van der Waals surface area contributed by atoms with E-state index in [4.69, 9.17) is 11.6 Å². The number of fused-ring (bicyclic) bond motifs is 2. The van der Waals surface area contributed by atoms with Crippen LogP contribution in [0.15, 0.2) is 88.5 Å². The zero-order valence-corrected chi connectivity index (χ0v) is 19.1. The van der Waals surface area contributed by atoms with Gasteiger partial charge >= 0.3 is 0 Å². The van der Waals surface area contributed by atoms with Gasteiger partial charge in [-0.15, -0.1) is 0 Å². The van der Waals surface area contributed by atoms with Crippen LogP contribution in [0.2, 0.25) is 5.02 Å². The SMILES string of the molecule is N#C/C(=C(/O)CSc1nc2ccccc2c(=O)n1-c1ccccc1Cl)c1nc2ccccc2[nH]1. The molecular weight excluding hydrogens is 470 g/mol. The third-order valence-corrected chi connectivity index (χ3v) is 6.47. The lowest BCUT2D eigenvalue weighted by Crippen LogP contribution is -2.22. The highest BCUT2D eigenvalue weighted by Gasteiger charge is 2.18. The molecule has 0 aliphatic heterocycles. The van der Waals surface area contributed by atoms with Crippen molar-refractivity contribution in [2.45, 2.75) is 5.16 Å². The number of aliphatic hydroxyl groups is 1. The highest BCUT2D eigenvalue weighted by Crippen LogP contribution is 2.28. The first kappa shape index (κ1) is 21.8. The zero-order valence-electron chi connectivity index (χ0n) is 17.6. The van der Waals surface area contributed by atoms with E-state index in [1.807, 2.05) is 30.3 Å². The first-order valence-electron chi connectivity index (χ1n) is 10.2. The van der Waals surface area contributed by atoms with Gasteiger partial charge in [0, 0.05) is 0 Å². The lowest BCUT2D eigenvalue weighted by atomic mass is 10.2. The van der Waals surface area contributed by atoms with E-state index >= 15 is 0 Å². The number of hydrogen-bond acceptors (Lipinski definition) is 6. The first-order chi connectivity index (χ1) is 16.6. The highest BCUT2D eigenvalue weighted by atomic mass is 35.5. The molecule has 2 N–H and O–H groups in total. The lowest BCUT2D eigenvalue weighted by Gasteiger charge is -2.14. The lowest BCUT2D eigenvalue weighted by molar-refractivity contribution is 0.420. The van der Waals surface area contributed by atoms with Gasteiger partial charge in [0.05, 0.1) is 38.4 Å². The number of H-pyrrole nitrogens is 1. The second-order valence-corrected chi connectivity index (χ2v) is 8.68. The predicted octanol–water partition coefficient (Wildman–Crippen LogP) is 5.50. The molecule has 34 heavy (non-hydrogen) atoms. The smallest absolute Gasteiger partial charge is 0.266 e. The topological polar surface area (TPSA) is 108 Å². The van der Waals surface area contributed by atoms with Gasteiger partial charge in [-0.3, -0.25) is 9.36 Å². The summed E-state index contributed by atoms with van der Waals surface area (Å²) in [4.78, 5) is 25.5. The second kappa shape index (κ2) is 9.06. The van der Waals surface area contributed by atoms with Crippen molar-refractivity contribution in [3.8, 4) is 11.8 Å². The fourth-order valence-electron chi connectivity index (χ4n) is 3.59. The number of benzene rings is 3. The van der Waals surface area contributed by atoms with Gasteiger partial charge in [0.25, 0.3) is 5.56 Å². The van der Waals surface area contributed by atoms with Crippen LogP contribution in [-0.4, -0.2) is 30.4 Å². The number of halogens is 1. The van der Waals surface area contributed by atoms with Crippen molar-refractivity contribution in [3.05, 3.63) is 99.8 Å². The molecule has 0 aliphatic rings. The molecule has 7 nitrogen and oxygen atoms in total. The molecule has 0 aliphatic carbocycles. The largest absolute Gasteiger partial charge is 0.510 e. The monoisotopic (exact) mass is 485 g/mol. The van der Waals surface area contributed by atoms with E-state index in [2.05, 4.69) is 15.0 Å². The molecule has 0 atom stereocenters. The number of nitrogens with one attached hydrogen (secondary N) is 1. The number of aromatic nitrogens is 4. The molecular formula is C25H16ClN5O2S. The van der Waals surface area contributed by atoms with Crippen molar-refractivity contribution in [2.24, 2.45) is 0 Å². The Bertz CT molecular complexity index is 1650. The molecule has 0 amide bonds. The Hall–Kier alpha value is -4.06. The molecule has 0 saturated carbocycles. The van der Waals surface area contributed by atoms with Crippen LogP contribution in [-0.2, 0) is 0 Å². The van der Waals surface area contributed by atoms with Crippen LogP contribution in [0.25, 0.3) is 33.2 Å². The summed E-state index contributed by atoms with van der Waals surface area (Å²) in [5, 5.41) is 21.7. The Kier molecular flexibility index (Phi) is 5.80. The molecule has 5 aromatic rings. The van der Waals surface area contributed by atoms with Crippen LogP contribution in [0.5, 0.6) is 0 Å². The maximum absolute atomic E-state index is 13.4. The Morgan fingerprint density at radius 3 is 2.50 bits per heavy atom. The van der Waals surface area contributed by atoms with E-state index < -0.39 is 0 Å². The number of imidazole rings is 1. The fourth-order valence-corrected chi connectivity index (χ4v) is 4.69. The average molecular weight is 486 g/mol. The normalized spacial score (nSPS) is 12.0. The molecule has 2 aromatic heterocycles. The van der Waals surface area contributed by atoms with E-state index in [1.165, 1.54) is 4.57 Å². The summed E-state index contributed by atoms with van der Waals surface area (Å²) in [6, 6.07) is 23.4. The summed E-state index contributed by atoms with van der Waals surface area (Å²) in [6.45, 7) is 0.